The third kappa shape index (κ3) is 27.0. The number of esters is 2. The Bertz CT molecular complexity index is 1160. The summed E-state index contributed by atoms with van der Waals surface area (Å²) in [6, 6.07) is 0. The number of unbranched alkanes of at least 4 members (excludes halogenated alkanes) is 28. The van der Waals surface area contributed by atoms with E-state index >= 15 is 0 Å². The van der Waals surface area contributed by atoms with Crippen LogP contribution in [0, 0.1) is 0 Å². The van der Waals surface area contributed by atoms with Crippen LogP contribution in [0.3, 0.4) is 0 Å². The number of carbonyl (C=O) groups excluding carboxylic acids is 2. The Morgan fingerprint density at radius 3 is 1.18 bits per heavy atom. The summed E-state index contributed by atoms with van der Waals surface area (Å²) in [5.41, 5.74) is 0. The molecule has 15 nitrogen and oxygen atoms in total. The van der Waals surface area contributed by atoms with E-state index in [1.165, 1.54) is 135 Å². The lowest BCUT2D eigenvalue weighted by atomic mass is 9.98. The molecule has 0 radical (unpaired) electrons. The lowest BCUT2D eigenvalue weighted by Crippen LogP contribution is -2.61. The normalized spacial score (nSPS) is 26.1. The highest BCUT2D eigenvalue weighted by molar-refractivity contribution is 5.70. The summed E-state index contributed by atoms with van der Waals surface area (Å²) < 4.78 is 33.5. The van der Waals surface area contributed by atoms with Gasteiger partial charge in [0.05, 0.1) is 19.8 Å². The van der Waals surface area contributed by atoms with Crippen molar-refractivity contribution in [2.24, 2.45) is 0 Å². The minimum absolute atomic E-state index is 0.173. The van der Waals surface area contributed by atoms with E-state index in [-0.39, 0.29) is 26.1 Å². The number of ether oxygens (including phenoxy) is 6. The van der Waals surface area contributed by atoms with Crippen molar-refractivity contribution in [3.05, 3.63) is 0 Å². The Hall–Kier alpha value is -1.50. The molecule has 2 fully saturated rings. The molecule has 15 heteroatoms. The number of aliphatic hydroxyl groups is 7. The zero-order chi connectivity index (χ0) is 48.2. The van der Waals surface area contributed by atoms with E-state index in [4.69, 9.17) is 28.4 Å². The number of hydrogen-bond donors (Lipinski definition) is 7. The van der Waals surface area contributed by atoms with Gasteiger partial charge in [-0.15, -0.1) is 0 Å². The summed E-state index contributed by atoms with van der Waals surface area (Å²) in [7, 11) is 0. The summed E-state index contributed by atoms with van der Waals surface area (Å²) in [6.07, 6.45) is 20.3. The molecule has 4 unspecified atom stereocenters. The monoisotopic (exact) mass is 949 g/mol. The molecule has 0 aromatic heterocycles. The molecule has 2 rings (SSSR count). The van der Waals surface area contributed by atoms with E-state index in [0.29, 0.717) is 12.8 Å². The van der Waals surface area contributed by atoms with Gasteiger partial charge in [0.15, 0.2) is 18.7 Å². The number of aliphatic hydroxyl groups excluding tert-OH is 7. The second kappa shape index (κ2) is 39.2. The second-order valence-corrected chi connectivity index (χ2v) is 19.1. The predicted molar refractivity (Wildman–Crippen MR) is 252 cm³/mol. The van der Waals surface area contributed by atoms with Gasteiger partial charge in [-0.1, -0.05) is 194 Å². The molecule has 11 atom stereocenters. The van der Waals surface area contributed by atoms with Crippen LogP contribution in [0.25, 0.3) is 0 Å². The molecule has 2 aliphatic heterocycles. The van der Waals surface area contributed by atoms with Gasteiger partial charge in [0.2, 0.25) is 0 Å². The van der Waals surface area contributed by atoms with Gasteiger partial charge < -0.3 is 64.2 Å². The maximum atomic E-state index is 13.0. The van der Waals surface area contributed by atoms with Crippen LogP contribution in [-0.2, 0) is 38.0 Å². The highest BCUT2D eigenvalue weighted by Gasteiger charge is 2.47. The van der Waals surface area contributed by atoms with Crippen LogP contribution in [0.2, 0.25) is 0 Å². The topological polar surface area (TPSA) is 231 Å². The summed E-state index contributed by atoms with van der Waals surface area (Å²) in [5, 5.41) is 71.9. The molecule has 0 spiro atoms. The highest BCUT2D eigenvalue weighted by Crippen LogP contribution is 2.27. The number of rotatable bonds is 42. The van der Waals surface area contributed by atoms with Crippen molar-refractivity contribution in [2.75, 3.05) is 26.4 Å². The predicted octanol–water partition coefficient (Wildman–Crippen LogP) is 7.61. The van der Waals surface area contributed by atoms with Crippen molar-refractivity contribution in [2.45, 2.75) is 287 Å². The van der Waals surface area contributed by atoms with Gasteiger partial charge >= 0.3 is 11.9 Å². The fourth-order valence-corrected chi connectivity index (χ4v) is 8.69. The summed E-state index contributed by atoms with van der Waals surface area (Å²) in [6.45, 7) is 2.57. The fraction of sp³-hybridized carbons (Fsp3) is 0.961. The van der Waals surface area contributed by atoms with E-state index in [1.54, 1.807) is 0 Å². The summed E-state index contributed by atoms with van der Waals surface area (Å²) >= 11 is 0. The van der Waals surface area contributed by atoms with Crippen LogP contribution >= 0.6 is 0 Å². The molecule has 0 aliphatic carbocycles. The van der Waals surface area contributed by atoms with Gasteiger partial charge in [-0.3, -0.25) is 9.59 Å². The molecule has 66 heavy (non-hydrogen) atoms. The fourth-order valence-electron chi connectivity index (χ4n) is 8.69. The molecule has 0 bridgehead atoms. The Kier molecular flexibility index (Phi) is 36.0. The Morgan fingerprint density at radius 1 is 0.424 bits per heavy atom. The average molecular weight is 949 g/mol. The molecule has 2 heterocycles. The van der Waals surface area contributed by atoms with Crippen LogP contribution in [0.5, 0.6) is 0 Å². The van der Waals surface area contributed by atoms with E-state index in [9.17, 15) is 45.3 Å². The van der Waals surface area contributed by atoms with Gasteiger partial charge in [-0.2, -0.15) is 0 Å². The first-order chi connectivity index (χ1) is 32.0. The van der Waals surface area contributed by atoms with Gasteiger partial charge in [-0.25, -0.2) is 0 Å². The van der Waals surface area contributed by atoms with E-state index < -0.39 is 92.7 Å². The minimum atomic E-state index is -1.76. The van der Waals surface area contributed by atoms with Gasteiger partial charge in [0, 0.05) is 12.8 Å². The number of hydrogen-bond acceptors (Lipinski definition) is 15. The standard InChI is InChI=1S/C51H96O15/c1-3-5-7-9-11-12-13-14-15-16-17-18-19-20-21-22-23-24-25-26-28-30-32-34-43(54)64-39(36-61-42(53)33-31-29-27-10-8-6-4-2)37-62-50-49(60)47(58)45(56)41(66-50)38-63-51-48(59)46(57)44(55)40(35-52)65-51/h39-41,44-52,55-60H,3-38H2,1-2H3/t39-,40+,41+,44-,45-,46?,47?,48?,49?,50+,51+/m1/s1. The first-order valence-corrected chi connectivity index (χ1v) is 26.6. The van der Waals surface area contributed by atoms with Crippen molar-refractivity contribution in [1.29, 1.82) is 0 Å². The molecule has 0 aromatic rings. The zero-order valence-electron chi connectivity index (χ0n) is 41.2. The van der Waals surface area contributed by atoms with Crippen molar-refractivity contribution in [3.63, 3.8) is 0 Å². The average Bonchev–Trinajstić information content (AvgIpc) is 3.31. The SMILES string of the molecule is CCCCCCCCCCCCCCCCCCCCCCCCCC(=O)O[C@H](COC(=O)CCCCCCCCC)CO[C@H]1O[C@@H](CO[C@H]2O[C@@H](CO)[C@@H](O)C(O)C2O)[C@@H](O)C(O)C1O. The van der Waals surface area contributed by atoms with Crippen LogP contribution in [0.4, 0.5) is 0 Å². The van der Waals surface area contributed by atoms with Crippen LogP contribution in [-0.4, -0.2) is 142 Å². The molecule has 2 saturated heterocycles. The third-order valence-electron chi connectivity index (χ3n) is 13.1. The highest BCUT2D eigenvalue weighted by atomic mass is 16.7. The van der Waals surface area contributed by atoms with Crippen molar-refractivity contribution in [3.8, 4) is 0 Å². The molecular formula is C51H96O15. The molecular weight excluding hydrogens is 853 g/mol. The molecule has 390 valence electrons. The van der Waals surface area contributed by atoms with Crippen LogP contribution in [0.15, 0.2) is 0 Å². The van der Waals surface area contributed by atoms with E-state index in [0.717, 1.165) is 44.9 Å². The Balaban J connectivity index is 1.69. The summed E-state index contributed by atoms with van der Waals surface area (Å²) in [4.78, 5) is 25.6. The van der Waals surface area contributed by atoms with Gasteiger partial charge in [0.25, 0.3) is 0 Å². The molecule has 0 aromatic carbocycles. The third-order valence-corrected chi connectivity index (χ3v) is 13.1. The lowest BCUT2D eigenvalue weighted by Gasteiger charge is -2.42. The Labute approximate surface area is 398 Å². The lowest BCUT2D eigenvalue weighted by molar-refractivity contribution is -0.332. The largest absolute Gasteiger partial charge is 0.462 e. The van der Waals surface area contributed by atoms with E-state index in [1.807, 2.05) is 0 Å². The maximum Gasteiger partial charge on any atom is 0.306 e. The van der Waals surface area contributed by atoms with Crippen molar-refractivity contribution >= 4 is 11.9 Å². The zero-order valence-corrected chi connectivity index (χ0v) is 41.2. The van der Waals surface area contributed by atoms with E-state index in [2.05, 4.69) is 13.8 Å². The van der Waals surface area contributed by atoms with Crippen molar-refractivity contribution < 1.29 is 73.8 Å². The summed E-state index contributed by atoms with van der Waals surface area (Å²) in [5.74, 6) is -0.918. The number of carbonyl (C=O) groups is 2. The molecule has 0 saturated carbocycles. The van der Waals surface area contributed by atoms with Gasteiger partial charge in [0.1, 0.15) is 55.4 Å². The minimum Gasteiger partial charge on any atom is -0.462 e. The van der Waals surface area contributed by atoms with Crippen LogP contribution in [0.1, 0.15) is 219 Å². The van der Waals surface area contributed by atoms with Gasteiger partial charge in [-0.05, 0) is 12.8 Å². The molecule has 2 aliphatic rings. The molecule has 0 amide bonds. The first kappa shape index (κ1) is 60.6. The maximum absolute atomic E-state index is 13.0. The molecule has 7 N–H and O–H groups in total. The second-order valence-electron chi connectivity index (χ2n) is 19.1. The quantitative estimate of drug-likeness (QED) is 0.0231. The Morgan fingerprint density at radius 2 is 0.773 bits per heavy atom. The van der Waals surface area contributed by atoms with Crippen molar-refractivity contribution in [1.82, 2.24) is 0 Å². The first-order valence-electron chi connectivity index (χ1n) is 26.6. The smallest absolute Gasteiger partial charge is 0.306 e. The van der Waals surface area contributed by atoms with Crippen LogP contribution < -0.4 is 0 Å².